The van der Waals surface area contributed by atoms with Crippen LogP contribution >= 0.6 is 0 Å². The van der Waals surface area contributed by atoms with Crippen LogP contribution in [0.3, 0.4) is 0 Å². The first-order valence-electron chi connectivity index (χ1n) is 7.16. The van der Waals surface area contributed by atoms with Crippen molar-refractivity contribution in [1.29, 1.82) is 0 Å². The number of fused-ring (bicyclic) bond motifs is 5. The van der Waals surface area contributed by atoms with Crippen LogP contribution in [0, 0.1) is 23.7 Å². The minimum absolute atomic E-state index is 0.0392. The van der Waals surface area contributed by atoms with Crippen LogP contribution in [0.25, 0.3) is 0 Å². The fourth-order valence-electron chi connectivity index (χ4n) is 3.98. The minimum Gasteiger partial charge on any atom is -0.465 e. The second kappa shape index (κ2) is 4.88. The van der Waals surface area contributed by atoms with Gasteiger partial charge >= 0.3 is 11.9 Å². The van der Waals surface area contributed by atoms with Gasteiger partial charge in [0.05, 0.1) is 18.6 Å². The maximum atomic E-state index is 11.7. The third-order valence-electron chi connectivity index (χ3n) is 4.78. The third-order valence-corrected chi connectivity index (χ3v) is 4.78. The Morgan fingerprint density at radius 1 is 1.40 bits per heavy atom. The van der Waals surface area contributed by atoms with Crippen LogP contribution < -0.4 is 0 Å². The van der Waals surface area contributed by atoms with Gasteiger partial charge in [-0.15, -0.1) is 0 Å². The monoisotopic (exact) mass is 280 g/mol. The molecule has 0 aromatic rings. The van der Waals surface area contributed by atoms with Gasteiger partial charge in [0.15, 0.2) is 0 Å². The molecule has 1 heterocycles. The van der Waals surface area contributed by atoms with Crippen molar-refractivity contribution in [2.24, 2.45) is 23.7 Å². The van der Waals surface area contributed by atoms with E-state index in [1.54, 1.807) is 13.8 Å². The van der Waals surface area contributed by atoms with Crippen LogP contribution in [0.2, 0.25) is 0 Å². The molecule has 0 spiro atoms. The molecule has 2 bridgehead atoms. The molecule has 5 nitrogen and oxygen atoms in total. The summed E-state index contributed by atoms with van der Waals surface area (Å²) in [5.41, 5.74) is 0.364. The Kier molecular flexibility index (Phi) is 3.32. The lowest BCUT2D eigenvalue weighted by Gasteiger charge is -2.30. The predicted molar refractivity (Wildman–Crippen MR) is 69.4 cm³/mol. The number of carbonyl (C=O) groups is 2. The summed E-state index contributed by atoms with van der Waals surface area (Å²) in [6.07, 6.45) is 1.36. The quantitative estimate of drug-likeness (QED) is 0.445. The highest BCUT2D eigenvalue weighted by Crippen LogP contribution is 2.56. The van der Waals surface area contributed by atoms with E-state index in [1.165, 1.54) is 0 Å². The van der Waals surface area contributed by atoms with Gasteiger partial charge < -0.3 is 14.2 Å². The van der Waals surface area contributed by atoms with Gasteiger partial charge in [0, 0.05) is 11.5 Å². The van der Waals surface area contributed by atoms with Crippen molar-refractivity contribution in [1.82, 2.24) is 0 Å². The summed E-state index contributed by atoms with van der Waals surface area (Å²) >= 11 is 0. The van der Waals surface area contributed by atoms with E-state index < -0.39 is 12.3 Å². The summed E-state index contributed by atoms with van der Waals surface area (Å²) in [5.74, 6) is 0.612. The van der Waals surface area contributed by atoms with Crippen LogP contribution in [0.15, 0.2) is 12.2 Å². The van der Waals surface area contributed by atoms with Crippen molar-refractivity contribution in [3.05, 3.63) is 12.2 Å². The maximum Gasteiger partial charge on any atom is 0.335 e. The fraction of sp³-hybridized carbons (Fsp3) is 0.733. The molecule has 0 radical (unpaired) electrons. The lowest BCUT2D eigenvalue weighted by molar-refractivity contribution is -0.188. The molecule has 20 heavy (non-hydrogen) atoms. The van der Waals surface area contributed by atoms with E-state index in [2.05, 4.69) is 6.58 Å². The Labute approximate surface area is 118 Å². The molecule has 1 saturated heterocycles. The summed E-state index contributed by atoms with van der Waals surface area (Å²) in [4.78, 5) is 23.1. The van der Waals surface area contributed by atoms with E-state index in [4.69, 9.17) is 14.2 Å². The van der Waals surface area contributed by atoms with Gasteiger partial charge in [0.25, 0.3) is 0 Å². The third kappa shape index (κ3) is 2.14. The number of carbonyl (C=O) groups excluding carboxylic acids is 2. The van der Waals surface area contributed by atoms with Gasteiger partial charge in [-0.3, -0.25) is 4.79 Å². The van der Waals surface area contributed by atoms with Crippen molar-refractivity contribution < 1.29 is 23.8 Å². The molecule has 0 aromatic heterocycles. The normalized spacial score (nSPS) is 39.3. The zero-order valence-corrected chi connectivity index (χ0v) is 11.8. The highest BCUT2D eigenvalue weighted by Gasteiger charge is 2.59. The highest BCUT2D eigenvalue weighted by molar-refractivity contribution is 5.86. The largest absolute Gasteiger partial charge is 0.465 e. The molecule has 0 N–H and O–H groups in total. The molecular formula is C15H20O5. The molecule has 5 heteroatoms. The van der Waals surface area contributed by atoms with Crippen molar-refractivity contribution in [2.75, 3.05) is 6.61 Å². The molecule has 2 saturated carbocycles. The van der Waals surface area contributed by atoms with Crippen molar-refractivity contribution in [3.63, 3.8) is 0 Å². The number of rotatable bonds is 4. The Morgan fingerprint density at radius 3 is 2.85 bits per heavy atom. The molecule has 3 fully saturated rings. The maximum absolute atomic E-state index is 11.7. The van der Waals surface area contributed by atoms with E-state index in [1.807, 2.05) is 0 Å². The Hall–Kier alpha value is -1.36. The van der Waals surface area contributed by atoms with E-state index >= 15 is 0 Å². The summed E-state index contributed by atoms with van der Waals surface area (Å²) in [5, 5.41) is 0. The number of cyclic esters (lactones) is 1. The fourth-order valence-corrected chi connectivity index (χ4v) is 3.98. The number of ether oxygens (including phenoxy) is 3. The zero-order chi connectivity index (χ0) is 14.4. The molecule has 1 aliphatic heterocycles. The van der Waals surface area contributed by atoms with Crippen molar-refractivity contribution in [2.45, 2.75) is 39.1 Å². The van der Waals surface area contributed by atoms with Crippen LogP contribution in [0.4, 0.5) is 0 Å². The Balaban J connectivity index is 1.57. The predicted octanol–water partition coefficient (Wildman–Crippen LogP) is 1.67. The zero-order valence-electron chi connectivity index (χ0n) is 11.8. The van der Waals surface area contributed by atoms with Gasteiger partial charge in [-0.05, 0) is 38.5 Å². The topological polar surface area (TPSA) is 61.8 Å². The molecule has 110 valence electrons. The van der Waals surface area contributed by atoms with E-state index in [9.17, 15) is 9.59 Å². The second-order valence-electron chi connectivity index (χ2n) is 6.14. The number of hydrogen-bond donors (Lipinski definition) is 0. The lowest BCUT2D eigenvalue weighted by atomic mass is 9.80. The van der Waals surface area contributed by atoms with E-state index in [0.29, 0.717) is 24.0 Å². The standard InChI is InChI=1S/C15H20O5/c1-7(2)14(16)20-8(3)19-12-5-9-4-10(12)11-6-18-15(17)13(9)11/h8-13H,1,4-6H2,2-3H3. The van der Waals surface area contributed by atoms with E-state index in [0.717, 1.165) is 12.8 Å². The minimum atomic E-state index is -0.583. The first-order chi connectivity index (χ1) is 9.47. The summed E-state index contributed by atoms with van der Waals surface area (Å²) in [6.45, 7) is 7.40. The number of esters is 2. The van der Waals surface area contributed by atoms with Gasteiger partial charge in [0.1, 0.15) is 0 Å². The molecular weight excluding hydrogens is 260 g/mol. The second-order valence-corrected chi connectivity index (χ2v) is 6.14. The van der Waals surface area contributed by atoms with Crippen LogP contribution in [0.1, 0.15) is 26.7 Å². The smallest absolute Gasteiger partial charge is 0.335 e. The van der Waals surface area contributed by atoms with Crippen LogP contribution in [0.5, 0.6) is 0 Å². The van der Waals surface area contributed by atoms with E-state index in [-0.39, 0.29) is 23.9 Å². The summed E-state index contributed by atoms with van der Waals surface area (Å²) in [6, 6.07) is 0. The SMILES string of the molecule is C=C(C)C(=O)OC(C)OC1CC2CC1C1COC(=O)C21. The molecule has 0 aromatic carbocycles. The molecule has 6 unspecified atom stereocenters. The molecule has 0 amide bonds. The van der Waals surface area contributed by atoms with Gasteiger partial charge in [-0.1, -0.05) is 6.58 Å². The highest BCUT2D eigenvalue weighted by atomic mass is 16.7. The van der Waals surface area contributed by atoms with Gasteiger partial charge in [-0.25, -0.2) is 4.79 Å². The first-order valence-corrected chi connectivity index (χ1v) is 7.16. The number of hydrogen-bond acceptors (Lipinski definition) is 5. The molecule has 3 rings (SSSR count). The van der Waals surface area contributed by atoms with Crippen LogP contribution in [-0.4, -0.2) is 30.9 Å². The Morgan fingerprint density at radius 2 is 2.15 bits per heavy atom. The summed E-state index contributed by atoms with van der Waals surface area (Å²) < 4.78 is 16.2. The van der Waals surface area contributed by atoms with Crippen molar-refractivity contribution in [3.8, 4) is 0 Å². The molecule has 6 atom stereocenters. The average Bonchev–Trinajstić information content (AvgIpc) is 3.02. The van der Waals surface area contributed by atoms with Gasteiger partial charge in [0.2, 0.25) is 6.29 Å². The van der Waals surface area contributed by atoms with Gasteiger partial charge in [-0.2, -0.15) is 0 Å². The van der Waals surface area contributed by atoms with Crippen LogP contribution in [-0.2, 0) is 23.8 Å². The molecule has 2 aliphatic carbocycles. The average molecular weight is 280 g/mol. The Bertz CT molecular complexity index is 457. The molecule has 3 aliphatic rings. The first kappa shape index (κ1) is 13.6. The summed E-state index contributed by atoms with van der Waals surface area (Å²) in [7, 11) is 0. The lowest BCUT2D eigenvalue weighted by Crippen LogP contribution is -2.36. The van der Waals surface area contributed by atoms with Crippen molar-refractivity contribution >= 4 is 11.9 Å².